The fourth-order valence-corrected chi connectivity index (χ4v) is 2.46. The fourth-order valence-electron chi connectivity index (χ4n) is 2.27. The predicted octanol–water partition coefficient (Wildman–Crippen LogP) is 3.90. The van der Waals surface area contributed by atoms with Crippen molar-refractivity contribution in [3.63, 3.8) is 0 Å². The van der Waals surface area contributed by atoms with Gasteiger partial charge in [0.15, 0.2) is 0 Å². The van der Waals surface area contributed by atoms with Gasteiger partial charge in [-0.2, -0.15) is 5.10 Å². The molecule has 112 valence electrons. The maximum atomic E-state index is 14.3. The van der Waals surface area contributed by atoms with Crippen molar-refractivity contribution in [2.24, 2.45) is 5.10 Å². The van der Waals surface area contributed by atoms with Gasteiger partial charge in [-0.15, -0.1) is 0 Å². The summed E-state index contributed by atoms with van der Waals surface area (Å²) in [6.07, 6.45) is 0.794. The zero-order valence-corrected chi connectivity index (χ0v) is 12.1. The zero-order chi connectivity index (χ0) is 15.7. The number of hydrogen-bond donors (Lipinski definition) is 1. The lowest BCUT2D eigenvalue weighted by Crippen LogP contribution is -2.25. The van der Waals surface area contributed by atoms with Crippen LogP contribution in [0, 0.1) is 11.6 Å². The van der Waals surface area contributed by atoms with Gasteiger partial charge in [0.25, 0.3) is 0 Å². The maximum Gasteiger partial charge on any atom is 0.240 e. The SMILES string of the molecule is O=C1CCC(c2ccc(-c3ccc(F)c(Cl)c3)c(F)c2)=NN1. The molecule has 2 aromatic carbocycles. The Bertz CT molecular complexity index is 790. The summed E-state index contributed by atoms with van der Waals surface area (Å²) in [5, 5.41) is 3.87. The maximum absolute atomic E-state index is 14.3. The van der Waals surface area contributed by atoms with Crippen molar-refractivity contribution in [3.05, 3.63) is 58.6 Å². The second-order valence-electron chi connectivity index (χ2n) is 4.92. The first-order valence-corrected chi connectivity index (χ1v) is 7.03. The smallest absolute Gasteiger partial charge is 0.240 e. The lowest BCUT2D eigenvalue weighted by Gasteiger charge is -2.13. The second-order valence-corrected chi connectivity index (χ2v) is 5.32. The number of nitrogens with one attached hydrogen (secondary N) is 1. The number of carbonyl (C=O) groups excluding carboxylic acids is 1. The molecule has 0 spiro atoms. The molecule has 1 aliphatic rings. The largest absolute Gasteiger partial charge is 0.273 e. The molecule has 1 amide bonds. The van der Waals surface area contributed by atoms with Crippen LogP contribution in [0.25, 0.3) is 11.1 Å². The van der Waals surface area contributed by atoms with E-state index in [0.29, 0.717) is 35.2 Å². The van der Waals surface area contributed by atoms with Gasteiger partial charge in [-0.25, -0.2) is 14.2 Å². The fraction of sp³-hybridized carbons (Fsp3) is 0.125. The highest BCUT2D eigenvalue weighted by atomic mass is 35.5. The van der Waals surface area contributed by atoms with E-state index in [1.165, 1.54) is 24.3 Å². The summed E-state index contributed by atoms with van der Waals surface area (Å²) >= 11 is 5.73. The van der Waals surface area contributed by atoms with E-state index in [2.05, 4.69) is 10.5 Å². The van der Waals surface area contributed by atoms with Crippen LogP contribution in [0.1, 0.15) is 18.4 Å². The third-order valence-electron chi connectivity index (χ3n) is 3.44. The van der Waals surface area contributed by atoms with Crippen molar-refractivity contribution in [2.45, 2.75) is 12.8 Å². The molecule has 0 unspecified atom stereocenters. The van der Waals surface area contributed by atoms with Gasteiger partial charge in [0.1, 0.15) is 11.6 Å². The van der Waals surface area contributed by atoms with Crippen molar-refractivity contribution in [1.29, 1.82) is 0 Å². The normalized spacial score (nSPS) is 14.5. The number of halogens is 3. The van der Waals surface area contributed by atoms with Crippen molar-refractivity contribution < 1.29 is 13.6 Å². The van der Waals surface area contributed by atoms with Gasteiger partial charge < -0.3 is 0 Å². The summed E-state index contributed by atoms with van der Waals surface area (Å²) in [5.41, 5.74) is 4.43. The molecule has 2 aromatic rings. The lowest BCUT2D eigenvalue weighted by molar-refractivity contribution is -0.121. The highest BCUT2D eigenvalue weighted by Crippen LogP contribution is 2.28. The summed E-state index contributed by atoms with van der Waals surface area (Å²) in [6.45, 7) is 0. The summed E-state index contributed by atoms with van der Waals surface area (Å²) in [4.78, 5) is 11.1. The quantitative estimate of drug-likeness (QED) is 0.896. The Balaban J connectivity index is 1.95. The van der Waals surface area contributed by atoms with Crippen LogP contribution in [-0.4, -0.2) is 11.6 Å². The van der Waals surface area contributed by atoms with Crippen LogP contribution in [0.3, 0.4) is 0 Å². The Morgan fingerprint density at radius 1 is 1.00 bits per heavy atom. The Morgan fingerprint density at radius 3 is 2.41 bits per heavy atom. The molecule has 1 aliphatic heterocycles. The van der Waals surface area contributed by atoms with Crippen LogP contribution in [0.4, 0.5) is 8.78 Å². The van der Waals surface area contributed by atoms with E-state index in [1.54, 1.807) is 12.1 Å². The van der Waals surface area contributed by atoms with E-state index in [1.807, 2.05) is 0 Å². The third-order valence-corrected chi connectivity index (χ3v) is 3.73. The molecule has 0 aliphatic carbocycles. The Kier molecular flexibility index (Phi) is 3.90. The van der Waals surface area contributed by atoms with E-state index in [-0.39, 0.29) is 10.9 Å². The topological polar surface area (TPSA) is 41.5 Å². The molecular formula is C16H11ClF2N2O. The highest BCUT2D eigenvalue weighted by Gasteiger charge is 2.15. The summed E-state index contributed by atoms with van der Waals surface area (Å²) in [7, 11) is 0. The molecular weight excluding hydrogens is 310 g/mol. The second kappa shape index (κ2) is 5.85. The predicted molar refractivity (Wildman–Crippen MR) is 80.7 cm³/mol. The molecule has 1 N–H and O–H groups in total. The highest BCUT2D eigenvalue weighted by molar-refractivity contribution is 6.31. The van der Waals surface area contributed by atoms with Crippen LogP contribution in [0.5, 0.6) is 0 Å². The molecule has 0 aromatic heterocycles. The molecule has 0 atom stereocenters. The van der Waals surface area contributed by atoms with E-state index in [0.717, 1.165) is 0 Å². The molecule has 3 nitrogen and oxygen atoms in total. The van der Waals surface area contributed by atoms with E-state index in [4.69, 9.17) is 11.6 Å². The number of rotatable bonds is 2. The number of nitrogens with zero attached hydrogens (tertiary/aromatic N) is 1. The minimum absolute atomic E-state index is 0.0552. The molecule has 0 radical (unpaired) electrons. The summed E-state index contributed by atoms with van der Waals surface area (Å²) in [5.74, 6) is -1.16. The van der Waals surface area contributed by atoms with Gasteiger partial charge in [-0.05, 0) is 23.8 Å². The molecule has 0 bridgehead atoms. The van der Waals surface area contributed by atoms with Gasteiger partial charge in [-0.3, -0.25) is 4.79 Å². The molecule has 1 heterocycles. The van der Waals surface area contributed by atoms with Crippen LogP contribution < -0.4 is 5.43 Å². The first-order valence-electron chi connectivity index (χ1n) is 6.65. The minimum atomic E-state index is -0.547. The lowest BCUT2D eigenvalue weighted by atomic mass is 9.99. The molecule has 0 saturated carbocycles. The average Bonchev–Trinajstić information content (AvgIpc) is 2.51. The van der Waals surface area contributed by atoms with Gasteiger partial charge in [0.2, 0.25) is 5.91 Å². The van der Waals surface area contributed by atoms with E-state index < -0.39 is 11.6 Å². The first kappa shape index (κ1) is 14.7. The van der Waals surface area contributed by atoms with Gasteiger partial charge in [0, 0.05) is 24.0 Å². The monoisotopic (exact) mass is 320 g/mol. The van der Waals surface area contributed by atoms with Crippen LogP contribution >= 0.6 is 11.6 Å². The number of benzene rings is 2. The Labute approximate surface area is 130 Å². The number of amides is 1. The van der Waals surface area contributed by atoms with Crippen LogP contribution in [0.2, 0.25) is 5.02 Å². The Hall–Kier alpha value is -2.27. The summed E-state index contributed by atoms with van der Waals surface area (Å²) < 4.78 is 27.5. The first-order chi connectivity index (χ1) is 10.5. The van der Waals surface area contributed by atoms with Crippen molar-refractivity contribution >= 4 is 23.2 Å². The number of carbonyl (C=O) groups is 1. The van der Waals surface area contributed by atoms with Crippen molar-refractivity contribution in [1.82, 2.24) is 5.43 Å². The van der Waals surface area contributed by atoms with Gasteiger partial charge in [0.05, 0.1) is 10.7 Å². The number of hydrazone groups is 1. The standard InChI is InChI=1S/C16H11ClF2N2O/c17-12-7-9(2-4-13(12)18)11-3-1-10(8-14(11)19)15-5-6-16(22)21-20-15/h1-4,7-8H,5-6H2,(H,21,22). The zero-order valence-electron chi connectivity index (χ0n) is 11.4. The van der Waals surface area contributed by atoms with Crippen molar-refractivity contribution in [3.8, 4) is 11.1 Å². The minimum Gasteiger partial charge on any atom is -0.273 e. The van der Waals surface area contributed by atoms with Gasteiger partial charge in [-0.1, -0.05) is 29.8 Å². The van der Waals surface area contributed by atoms with Crippen LogP contribution in [0.15, 0.2) is 41.5 Å². The van der Waals surface area contributed by atoms with E-state index >= 15 is 0 Å². The molecule has 0 saturated heterocycles. The Morgan fingerprint density at radius 2 is 1.77 bits per heavy atom. The molecule has 0 fully saturated rings. The third kappa shape index (κ3) is 2.85. The molecule has 6 heteroatoms. The van der Waals surface area contributed by atoms with Crippen LogP contribution in [-0.2, 0) is 4.79 Å². The summed E-state index contributed by atoms with van der Waals surface area (Å²) in [6, 6.07) is 8.71. The van der Waals surface area contributed by atoms with Gasteiger partial charge >= 0.3 is 0 Å². The van der Waals surface area contributed by atoms with E-state index in [9.17, 15) is 13.6 Å². The molecule has 22 heavy (non-hydrogen) atoms. The molecule has 3 rings (SSSR count). The number of hydrogen-bond acceptors (Lipinski definition) is 2. The average molecular weight is 321 g/mol. The van der Waals surface area contributed by atoms with Crippen molar-refractivity contribution in [2.75, 3.05) is 0 Å².